The fraction of sp³-hybridized carbons (Fsp3) is 0. The van der Waals surface area contributed by atoms with Crippen molar-refractivity contribution in [1.82, 2.24) is 5.01 Å². The van der Waals surface area contributed by atoms with Gasteiger partial charge in [0.1, 0.15) is 0 Å². The summed E-state index contributed by atoms with van der Waals surface area (Å²) in [4.78, 5) is 21.2. The third kappa shape index (κ3) is 1.67. The smallest absolute Gasteiger partial charge is 0.274 e. The highest BCUT2D eigenvalue weighted by molar-refractivity contribution is 5.99. The first-order valence-electron chi connectivity index (χ1n) is 3.34. The molecule has 12 heavy (non-hydrogen) atoms. The minimum Gasteiger partial charge on any atom is -0.277 e. The van der Waals surface area contributed by atoms with Gasteiger partial charge in [0.15, 0.2) is 0 Å². The second-order valence-corrected chi connectivity index (χ2v) is 2.18. The number of hydrogen-bond donors (Lipinski definition) is 1. The number of hydrogen-bond acceptors (Lipinski definition) is 3. The van der Waals surface area contributed by atoms with Gasteiger partial charge in [0.25, 0.3) is 5.91 Å². The molecule has 1 aromatic rings. The van der Waals surface area contributed by atoms with Gasteiger partial charge in [-0.2, -0.15) is 0 Å². The van der Waals surface area contributed by atoms with Crippen LogP contribution in [0.2, 0.25) is 0 Å². The zero-order chi connectivity index (χ0) is 8.97. The lowest BCUT2D eigenvalue weighted by Crippen LogP contribution is -2.35. The standard InChI is InChI=1S/C8H8N2O2/c9-10(6-11)8(12)7-4-2-1-3-5-7/h1-6H,9H2. The van der Waals surface area contributed by atoms with Crippen molar-refractivity contribution in [2.75, 3.05) is 0 Å². The number of carbonyl (C=O) groups excluding carboxylic acids is 2. The molecule has 1 rings (SSSR count). The molecule has 2 amide bonds. The quantitative estimate of drug-likeness (QED) is 0.293. The highest BCUT2D eigenvalue weighted by Crippen LogP contribution is 1.99. The summed E-state index contributed by atoms with van der Waals surface area (Å²) >= 11 is 0. The van der Waals surface area contributed by atoms with Gasteiger partial charge in [-0.25, -0.2) is 10.9 Å². The maximum absolute atomic E-state index is 11.1. The Morgan fingerprint density at radius 2 is 1.92 bits per heavy atom. The van der Waals surface area contributed by atoms with Crippen LogP contribution in [0.1, 0.15) is 10.4 Å². The molecule has 0 aliphatic rings. The van der Waals surface area contributed by atoms with E-state index < -0.39 is 5.91 Å². The number of carbonyl (C=O) groups is 2. The molecule has 1 aromatic carbocycles. The van der Waals surface area contributed by atoms with E-state index in [-0.39, 0.29) is 6.41 Å². The number of nitrogens with two attached hydrogens (primary N) is 1. The van der Waals surface area contributed by atoms with Crippen LogP contribution in [0.25, 0.3) is 0 Å². The van der Waals surface area contributed by atoms with Crippen molar-refractivity contribution in [2.24, 2.45) is 5.84 Å². The van der Waals surface area contributed by atoms with Crippen LogP contribution < -0.4 is 5.84 Å². The third-order valence-corrected chi connectivity index (χ3v) is 1.37. The van der Waals surface area contributed by atoms with E-state index in [1.165, 1.54) is 0 Å². The minimum atomic E-state index is -0.509. The van der Waals surface area contributed by atoms with Crippen molar-refractivity contribution >= 4 is 12.3 Å². The second-order valence-electron chi connectivity index (χ2n) is 2.18. The fourth-order valence-corrected chi connectivity index (χ4v) is 0.778. The first kappa shape index (κ1) is 8.42. The Bertz CT molecular complexity index is 284. The van der Waals surface area contributed by atoms with Crippen LogP contribution in [-0.2, 0) is 4.79 Å². The van der Waals surface area contributed by atoms with Gasteiger partial charge in [-0.15, -0.1) is 0 Å². The predicted octanol–water partition coefficient (Wildman–Crippen LogP) is 0.159. The fourth-order valence-electron chi connectivity index (χ4n) is 0.778. The van der Waals surface area contributed by atoms with Crippen molar-refractivity contribution in [1.29, 1.82) is 0 Å². The Morgan fingerprint density at radius 1 is 1.33 bits per heavy atom. The Hall–Kier alpha value is -1.68. The molecule has 0 unspecified atom stereocenters. The molecule has 4 heteroatoms. The van der Waals surface area contributed by atoms with E-state index in [1.54, 1.807) is 30.3 Å². The van der Waals surface area contributed by atoms with Gasteiger partial charge in [-0.05, 0) is 12.1 Å². The zero-order valence-corrected chi connectivity index (χ0v) is 6.31. The number of imide groups is 1. The molecule has 0 fully saturated rings. The summed E-state index contributed by atoms with van der Waals surface area (Å²) in [6, 6.07) is 8.35. The van der Waals surface area contributed by atoms with Gasteiger partial charge >= 0.3 is 0 Å². The number of hydrazine groups is 1. The molecule has 0 aromatic heterocycles. The average molecular weight is 164 g/mol. The Balaban J connectivity index is 2.85. The Morgan fingerprint density at radius 3 is 2.42 bits per heavy atom. The molecule has 0 radical (unpaired) electrons. The van der Waals surface area contributed by atoms with E-state index in [0.717, 1.165) is 0 Å². The molecule has 2 N–H and O–H groups in total. The Kier molecular flexibility index (Phi) is 2.55. The SMILES string of the molecule is NN(C=O)C(=O)c1ccccc1. The number of nitrogens with zero attached hydrogens (tertiary/aromatic N) is 1. The predicted molar refractivity (Wildman–Crippen MR) is 42.9 cm³/mol. The van der Waals surface area contributed by atoms with Crippen LogP contribution in [0.4, 0.5) is 0 Å². The van der Waals surface area contributed by atoms with Crippen LogP contribution in [0.3, 0.4) is 0 Å². The normalized spacial score (nSPS) is 9.08. The average Bonchev–Trinajstić information content (AvgIpc) is 2.17. The van der Waals surface area contributed by atoms with Gasteiger partial charge < -0.3 is 0 Å². The molecular weight excluding hydrogens is 156 g/mol. The summed E-state index contributed by atoms with van der Waals surface area (Å²) in [6.07, 6.45) is 0.273. The summed E-state index contributed by atoms with van der Waals surface area (Å²) < 4.78 is 0. The van der Waals surface area contributed by atoms with Crippen molar-refractivity contribution < 1.29 is 9.59 Å². The summed E-state index contributed by atoms with van der Waals surface area (Å²) in [5.74, 6) is 4.56. The highest BCUT2D eigenvalue weighted by Gasteiger charge is 2.09. The van der Waals surface area contributed by atoms with Gasteiger partial charge in [0, 0.05) is 5.56 Å². The maximum Gasteiger partial charge on any atom is 0.274 e. The van der Waals surface area contributed by atoms with Crippen LogP contribution in [0, 0.1) is 0 Å². The summed E-state index contributed by atoms with van der Waals surface area (Å²) in [7, 11) is 0. The van der Waals surface area contributed by atoms with Crippen molar-refractivity contribution in [3.63, 3.8) is 0 Å². The van der Waals surface area contributed by atoms with E-state index in [9.17, 15) is 9.59 Å². The molecule has 0 saturated carbocycles. The Labute approximate surface area is 69.6 Å². The van der Waals surface area contributed by atoms with Crippen LogP contribution >= 0.6 is 0 Å². The maximum atomic E-state index is 11.1. The van der Waals surface area contributed by atoms with E-state index in [2.05, 4.69) is 0 Å². The molecule has 62 valence electrons. The highest BCUT2D eigenvalue weighted by atomic mass is 16.2. The monoisotopic (exact) mass is 164 g/mol. The molecular formula is C8H8N2O2. The molecule has 0 saturated heterocycles. The van der Waals surface area contributed by atoms with E-state index in [1.807, 2.05) is 0 Å². The molecule has 0 heterocycles. The first-order chi connectivity index (χ1) is 5.75. The lowest BCUT2D eigenvalue weighted by Gasteiger charge is -2.06. The van der Waals surface area contributed by atoms with Crippen molar-refractivity contribution in [3.8, 4) is 0 Å². The minimum absolute atomic E-state index is 0.273. The first-order valence-corrected chi connectivity index (χ1v) is 3.34. The summed E-state index contributed by atoms with van der Waals surface area (Å²) in [5, 5.41) is 0.509. The van der Waals surface area contributed by atoms with Gasteiger partial charge in [-0.3, -0.25) is 9.59 Å². The number of benzene rings is 1. The topological polar surface area (TPSA) is 63.4 Å². The lowest BCUT2D eigenvalue weighted by molar-refractivity contribution is -0.116. The largest absolute Gasteiger partial charge is 0.277 e. The molecule has 0 bridgehead atoms. The molecule has 4 nitrogen and oxygen atoms in total. The second kappa shape index (κ2) is 3.64. The lowest BCUT2D eigenvalue weighted by atomic mass is 10.2. The zero-order valence-electron chi connectivity index (χ0n) is 6.31. The van der Waals surface area contributed by atoms with Crippen molar-refractivity contribution in [3.05, 3.63) is 35.9 Å². The van der Waals surface area contributed by atoms with E-state index in [0.29, 0.717) is 10.6 Å². The number of rotatable bonds is 2. The van der Waals surface area contributed by atoms with Crippen LogP contribution in [-0.4, -0.2) is 17.3 Å². The van der Waals surface area contributed by atoms with Gasteiger partial charge in [0.05, 0.1) is 0 Å². The van der Waals surface area contributed by atoms with Crippen molar-refractivity contribution in [2.45, 2.75) is 0 Å². The molecule has 0 atom stereocenters. The van der Waals surface area contributed by atoms with Gasteiger partial charge in [-0.1, -0.05) is 18.2 Å². The van der Waals surface area contributed by atoms with Crippen LogP contribution in [0.5, 0.6) is 0 Å². The van der Waals surface area contributed by atoms with E-state index >= 15 is 0 Å². The van der Waals surface area contributed by atoms with Gasteiger partial charge in [0.2, 0.25) is 6.41 Å². The summed E-state index contributed by atoms with van der Waals surface area (Å²) in [6.45, 7) is 0. The molecule has 0 aliphatic heterocycles. The van der Waals surface area contributed by atoms with Crippen LogP contribution in [0.15, 0.2) is 30.3 Å². The number of amides is 2. The van der Waals surface area contributed by atoms with E-state index in [4.69, 9.17) is 5.84 Å². The molecule has 0 aliphatic carbocycles. The summed E-state index contributed by atoms with van der Waals surface area (Å²) in [5.41, 5.74) is 0.395. The third-order valence-electron chi connectivity index (χ3n) is 1.37. The molecule has 0 spiro atoms.